The van der Waals surface area contributed by atoms with E-state index in [1.54, 1.807) is 0 Å². The van der Waals surface area contributed by atoms with Gasteiger partial charge in [0.15, 0.2) is 0 Å². The van der Waals surface area contributed by atoms with E-state index in [0.717, 1.165) is 0 Å². The number of rotatable bonds is 0. The predicted molar refractivity (Wildman–Crippen MR) is 64.0 cm³/mol. The van der Waals surface area contributed by atoms with Gasteiger partial charge in [0.1, 0.15) is 0 Å². The van der Waals surface area contributed by atoms with E-state index < -0.39 is 20.8 Å². The van der Waals surface area contributed by atoms with E-state index in [1.165, 1.54) is 57.8 Å². The standard InChI is InChI=1S/C5H10.C5H9.CH3.2ClH.Zr/c2*1-2-4-5-3-1;;;;/h1-5H2;1H,2-5H2;1H3;2*1H;/q;2*-1;;;+4/p-2. The maximum absolute atomic E-state index is 4.93. The fourth-order valence-electron chi connectivity index (χ4n) is 1.61. The summed E-state index contributed by atoms with van der Waals surface area (Å²) in [4.78, 5) is 0. The van der Waals surface area contributed by atoms with Crippen LogP contribution in [0.3, 0.4) is 0 Å². The molecule has 0 nitrogen and oxygen atoms in total. The van der Waals surface area contributed by atoms with E-state index in [9.17, 15) is 0 Å². The molecule has 14 heavy (non-hydrogen) atoms. The van der Waals surface area contributed by atoms with Crippen molar-refractivity contribution in [3.63, 3.8) is 0 Å². The first-order valence-corrected chi connectivity index (χ1v) is 11.5. The van der Waals surface area contributed by atoms with E-state index in [1.807, 2.05) is 0 Å². The van der Waals surface area contributed by atoms with Crippen molar-refractivity contribution in [2.45, 2.75) is 57.8 Å². The quantitative estimate of drug-likeness (QED) is 0.515. The van der Waals surface area contributed by atoms with Gasteiger partial charge in [-0.05, 0) is 0 Å². The molecule has 0 atom stereocenters. The van der Waals surface area contributed by atoms with Gasteiger partial charge in [0.05, 0.1) is 0 Å². The first-order valence-electron chi connectivity index (χ1n) is 5.19. The fourth-order valence-corrected chi connectivity index (χ4v) is 1.61. The molecular weight excluding hydrogens is 294 g/mol. The van der Waals surface area contributed by atoms with Crippen LogP contribution < -0.4 is 0 Å². The van der Waals surface area contributed by atoms with Crippen molar-refractivity contribution in [1.82, 2.24) is 0 Å². The molecule has 0 unspecified atom stereocenters. The summed E-state index contributed by atoms with van der Waals surface area (Å²) in [6, 6.07) is 0. The molecule has 0 aliphatic heterocycles. The van der Waals surface area contributed by atoms with Crippen LogP contribution in [-0.2, 0) is 20.8 Å². The van der Waals surface area contributed by atoms with Crippen molar-refractivity contribution >= 4 is 17.0 Å². The van der Waals surface area contributed by atoms with E-state index >= 15 is 0 Å². The van der Waals surface area contributed by atoms with Gasteiger partial charge in [-0.3, -0.25) is 0 Å². The van der Waals surface area contributed by atoms with Crippen LogP contribution in [0.4, 0.5) is 0 Å². The van der Waals surface area contributed by atoms with Gasteiger partial charge in [0.25, 0.3) is 0 Å². The van der Waals surface area contributed by atoms with Gasteiger partial charge in [-0.25, -0.2) is 0 Å². The SMILES string of the molecule is C1CCCC1.[CH-]1CCCC1.[CH3-].[Cl][Zr+2][Cl]. The zero-order valence-corrected chi connectivity index (χ0v) is 13.2. The van der Waals surface area contributed by atoms with Gasteiger partial charge in [-0.1, -0.05) is 44.9 Å². The molecule has 0 aromatic carbocycles. The van der Waals surface area contributed by atoms with Gasteiger partial charge < -0.3 is 13.8 Å². The van der Waals surface area contributed by atoms with Gasteiger partial charge in [-0.15, -0.1) is 0 Å². The summed E-state index contributed by atoms with van der Waals surface area (Å²) in [7, 11) is 9.87. The number of hydrogen-bond donors (Lipinski definition) is 0. The second kappa shape index (κ2) is 16.9. The molecule has 0 aromatic heterocycles. The van der Waals surface area contributed by atoms with Crippen LogP contribution >= 0.6 is 17.0 Å². The molecule has 0 bridgehead atoms. The Morgan fingerprint density at radius 2 is 1.00 bits per heavy atom. The Morgan fingerprint density at radius 3 is 1.14 bits per heavy atom. The van der Waals surface area contributed by atoms with E-state index in [-0.39, 0.29) is 7.43 Å². The molecule has 0 aromatic rings. The van der Waals surface area contributed by atoms with Crippen LogP contribution in [-0.4, -0.2) is 0 Å². The molecule has 2 rings (SSSR count). The molecule has 0 saturated heterocycles. The molecule has 0 amide bonds. The van der Waals surface area contributed by atoms with Crippen molar-refractivity contribution in [3.05, 3.63) is 13.8 Å². The minimum absolute atomic E-state index is 0. The molecule has 2 aliphatic carbocycles. The Hall–Kier alpha value is 1.46. The van der Waals surface area contributed by atoms with E-state index in [2.05, 4.69) is 6.42 Å². The minimum atomic E-state index is -0.826. The summed E-state index contributed by atoms with van der Waals surface area (Å²) < 4.78 is 0. The molecule has 2 fully saturated rings. The third-order valence-corrected chi connectivity index (χ3v) is 2.32. The first kappa shape index (κ1) is 17.8. The van der Waals surface area contributed by atoms with Crippen molar-refractivity contribution in [1.29, 1.82) is 0 Å². The van der Waals surface area contributed by atoms with Crippen molar-refractivity contribution in [2.24, 2.45) is 0 Å². The molecule has 0 spiro atoms. The monoisotopic (exact) mass is 314 g/mol. The van der Waals surface area contributed by atoms with Crippen LogP contribution in [0.15, 0.2) is 0 Å². The van der Waals surface area contributed by atoms with Crippen LogP contribution in [0.25, 0.3) is 0 Å². The normalized spacial score (nSPS) is 17.9. The summed E-state index contributed by atoms with van der Waals surface area (Å²) in [5, 5.41) is 0. The van der Waals surface area contributed by atoms with Crippen LogP contribution in [0, 0.1) is 13.8 Å². The summed E-state index contributed by atoms with van der Waals surface area (Å²) in [6.07, 6.45) is 15.5. The number of hydrogen-bond acceptors (Lipinski definition) is 0. The molecular formula is C11H22Cl2Zr. The van der Waals surface area contributed by atoms with Gasteiger partial charge in [0, 0.05) is 0 Å². The Bertz CT molecular complexity index is 56.1. The Balaban J connectivity index is 0. The van der Waals surface area contributed by atoms with Gasteiger partial charge in [-0.2, -0.15) is 12.8 Å². The van der Waals surface area contributed by atoms with E-state index in [4.69, 9.17) is 17.0 Å². The van der Waals surface area contributed by atoms with Crippen LogP contribution in [0.2, 0.25) is 0 Å². The molecule has 2 saturated carbocycles. The van der Waals surface area contributed by atoms with Crippen molar-refractivity contribution in [2.75, 3.05) is 0 Å². The summed E-state index contributed by atoms with van der Waals surface area (Å²) in [5.74, 6) is 0. The van der Waals surface area contributed by atoms with E-state index in [0.29, 0.717) is 0 Å². The summed E-state index contributed by atoms with van der Waals surface area (Å²) >= 11 is -0.826. The maximum atomic E-state index is 4.93. The third-order valence-electron chi connectivity index (χ3n) is 2.32. The Kier molecular flexibility index (Phi) is 21.5. The van der Waals surface area contributed by atoms with Crippen LogP contribution in [0.1, 0.15) is 57.8 Å². The molecule has 2 aliphatic rings. The Morgan fingerprint density at radius 1 is 0.714 bits per heavy atom. The predicted octanol–water partition coefficient (Wildman–Crippen LogP) is 5.54. The van der Waals surface area contributed by atoms with Gasteiger partial charge in [0.2, 0.25) is 0 Å². The van der Waals surface area contributed by atoms with Crippen molar-refractivity contribution in [3.8, 4) is 0 Å². The third kappa shape index (κ3) is 15.9. The zero-order chi connectivity index (χ0) is 9.78. The summed E-state index contributed by atoms with van der Waals surface area (Å²) in [6.45, 7) is 0. The first-order chi connectivity index (χ1) is 6.41. The van der Waals surface area contributed by atoms with Gasteiger partial charge >= 0.3 is 37.9 Å². The molecule has 0 heterocycles. The average molecular weight is 316 g/mol. The molecule has 0 N–H and O–H groups in total. The average Bonchev–Trinajstić information content (AvgIpc) is 2.85. The summed E-state index contributed by atoms with van der Waals surface area (Å²) in [5.41, 5.74) is 0. The fraction of sp³-hybridized carbons (Fsp3) is 0.818. The topological polar surface area (TPSA) is 0 Å². The second-order valence-corrected chi connectivity index (χ2v) is 7.14. The molecule has 0 radical (unpaired) electrons. The molecule has 84 valence electrons. The van der Waals surface area contributed by atoms with Crippen molar-refractivity contribution < 1.29 is 20.8 Å². The number of halogens is 2. The zero-order valence-electron chi connectivity index (χ0n) is 9.20. The second-order valence-electron chi connectivity index (χ2n) is 3.41. The Labute approximate surface area is 109 Å². The molecule has 3 heteroatoms. The van der Waals surface area contributed by atoms with Crippen LogP contribution in [0.5, 0.6) is 0 Å².